The molecule has 0 bridgehead atoms. The minimum atomic E-state index is -3.67. The number of nitrogens with one attached hydrogen (secondary N) is 1. The summed E-state index contributed by atoms with van der Waals surface area (Å²) in [5.41, 5.74) is 2.28. The second-order valence-electron chi connectivity index (χ2n) is 3.69. The van der Waals surface area contributed by atoms with Crippen molar-refractivity contribution in [2.45, 2.75) is 9.92 Å². The Balaban J connectivity index is 2.28. The summed E-state index contributed by atoms with van der Waals surface area (Å²) in [4.78, 5) is 3.87. The molecule has 1 aliphatic heterocycles. The lowest BCUT2D eigenvalue weighted by Gasteiger charge is -2.19. The molecule has 0 aliphatic carbocycles. The first-order valence-corrected chi connectivity index (χ1v) is 6.53. The molecule has 6 nitrogen and oxygen atoms in total. The molecule has 2 heterocycles. The summed E-state index contributed by atoms with van der Waals surface area (Å²) in [6.07, 6.45) is 1.40. The van der Waals surface area contributed by atoms with Gasteiger partial charge >= 0.3 is 0 Å². The van der Waals surface area contributed by atoms with E-state index in [1.54, 1.807) is 6.07 Å². The second kappa shape index (κ2) is 3.69. The van der Waals surface area contributed by atoms with Gasteiger partial charge in [-0.2, -0.15) is 0 Å². The van der Waals surface area contributed by atoms with Crippen LogP contribution in [0.1, 0.15) is 0 Å². The van der Waals surface area contributed by atoms with Gasteiger partial charge in [-0.15, -0.1) is 0 Å². The van der Waals surface area contributed by atoms with Gasteiger partial charge in [0.15, 0.2) is 5.75 Å². The van der Waals surface area contributed by atoms with Gasteiger partial charge in [-0.25, -0.2) is 13.4 Å². The zero-order valence-electron chi connectivity index (χ0n) is 8.99. The number of rotatable bonds is 1. The van der Waals surface area contributed by atoms with Crippen LogP contribution in [0, 0.1) is 0 Å². The number of sulfone groups is 1. The Labute approximate surface area is 103 Å². The fourth-order valence-electron chi connectivity index (χ4n) is 1.76. The van der Waals surface area contributed by atoms with Crippen molar-refractivity contribution >= 4 is 15.5 Å². The summed E-state index contributed by atoms with van der Waals surface area (Å²) >= 11 is 0. The third-order valence-electron chi connectivity index (χ3n) is 2.57. The lowest BCUT2D eigenvalue weighted by atomic mass is 10.3. The van der Waals surface area contributed by atoms with E-state index in [4.69, 9.17) is 9.94 Å². The van der Waals surface area contributed by atoms with Crippen molar-refractivity contribution in [2.24, 2.45) is 0 Å². The molecule has 0 saturated heterocycles. The first-order chi connectivity index (χ1) is 8.63. The summed E-state index contributed by atoms with van der Waals surface area (Å²) in [6, 6.07) is 7.33. The Morgan fingerprint density at radius 2 is 2.06 bits per heavy atom. The minimum Gasteiger partial charge on any atom is -0.453 e. The number of benzene rings is 1. The lowest BCUT2D eigenvalue weighted by Crippen LogP contribution is -2.12. The highest BCUT2D eigenvalue weighted by Gasteiger charge is 2.32. The Hall–Kier alpha value is -2.12. The number of aromatic nitrogens is 1. The third-order valence-corrected chi connectivity index (χ3v) is 4.31. The van der Waals surface area contributed by atoms with E-state index in [1.165, 1.54) is 30.5 Å². The van der Waals surface area contributed by atoms with Crippen molar-refractivity contribution in [1.29, 1.82) is 0 Å². The SMILES string of the molecule is O=S1(=O)c2ccc(NO)cc2Oc2cccnc21. The van der Waals surface area contributed by atoms with Gasteiger partial charge < -0.3 is 4.74 Å². The van der Waals surface area contributed by atoms with E-state index in [2.05, 4.69) is 4.98 Å². The van der Waals surface area contributed by atoms with Crippen LogP contribution in [-0.4, -0.2) is 18.6 Å². The molecule has 18 heavy (non-hydrogen) atoms. The molecular formula is C11H8N2O4S. The van der Waals surface area contributed by atoms with Crippen molar-refractivity contribution in [3.63, 3.8) is 0 Å². The van der Waals surface area contributed by atoms with Crippen LogP contribution in [0.2, 0.25) is 0 Å². The normalized spacial score (nSPS) is 15.2. The quantitative estimate of drug-likeness (QED) is 0.652. The van der Waals surface area contributed by atoms with Crippen LogP contribution in [0.5, 0.6) is 11.5 Å². The van der Waals surface area contributed by atoms with Gasteiger partial charge in [-0.3, -0.25) is 10.7 Å². The molecule has 1 aliphatic rings. The van der Waals surface area contributed by atoms with Gasteiger partial charge in [0.1, 0.15) is 10.6 Å². The summed E-state index contributed by atoms with van der Waals surface area (Å²) in [5.74, 6) is 0.342. The smallest absolute Gasteiger partial charge is 0.231 e. The van der Waals surface area contributed by atoms with Crippen LogP contribution < -0.4 is 10.2 Å². The summed E-state index contributed by atoms with van der Waals surface area (Å²) in [7, 11) is -3.67. The topological polar surface area (TPSA) is 88.5 Å². The maximum atomic E-state index is 12.3. The van der Waals surface area contributed by atoms with Crippen LogP contribution >= 0.6 is 0 Å². The predicted molar refractivity (Wildman–Crippen MR) is 61.6 cm³/mol. The van der Waals surface area contributed by atoms with E-state index in [9.17, 15) is 8.42 Å². The molecule has 0 atom stereocenters. The number of anilines is 1. The van der Waals surface area contributed by atoms with Crippen LogP contribution in [0.25, 0.3) is 0 Å². The van der Waals surface area contributed by atoms with Gasteiger partial charge in [0.25, 0.3) is 0 Å². The molecule has 0 amide bonds. The van der Waals surface area contributed by atoms with E-state index >= 15 is 0 Å². The third kappa shape index (κ3) is 1.45. The first kappa shape index (κ1) is 11.0. The molecule has 0 spiro atoms. The van der Waals surface area contributed by atoms with Gasteiger partial charge in [0.05, 0.1) is 5.69 Å². The maximum absolute atomic E-state index is 12.3. The Morgan fingerprint density at radius 1 is 1.22 bits per heavy atom. The van der Waals surface area contributed by atoms with Crippen molar-refractivity contribution in [3.05, 3.63) is 36.5 Å². The van der Waals surface area contributed by atoms with Gasteiger partial charge in [-0.1, -0.05) is 0 Å². The fraction of sp³-hybridized carbons (Fsp3) is 0. The average molecular weight is 264 g/mol. The van der Waals surface area contributed by atoms with Crippen LogP contribution in [-0.2, 0) is 9.84 Å². The molecule has 1 aromatic heterocycles. The average Bonchev–Trinajstić information content (AvgIpc) is 2.38. The van der Waals surface area contributed by atoms with E-state index in [-0.39, 0.29) is 21.4 Å². The van der Waals surface area contributed by atoms with Crippen molar-refractivity contribution in [1.82, 2.24) is 4.98 Å². The van der Waals surface area contributed by atoms with Gasteiger partial charge in [-0.05, 0) is 24.3 Å². The second-order valence-corrected chi connectivity index (χ2v) is 5.52. The van der Waals surface area contributed by atoms with Gasteiger partial charge in [0.2, 0.25) is 14.9 Å². The fourth-order valence-corrected chi connectivity index (χ4v) is 3.15. The molecule has 0 radical (unpaired) electrons. The van der Waals surface area contributed by atoms with E-state index < -0.39 is 9.84 Å². The highest BCUT2D eigenvalue weighted by atomic mass is 32.2. The Kier molecular flexibility index (Phi) is 2.25. The highest BCUT2D eigenvalue weighted by molar-refractivity contribution is 7.91. The zero-order chi connectivity index (χ0) is 12.8. The number of ether oxygens (including phenoxy) is 1. The van der Waals surface area contributed by atoms with E-state index in [1.807, 2.05) is 5.48 Å². The molecule has 0 fully saturated rings. The highest BCUT2D eigenvalue weighted by Crippen LogP contribution is 2.42. The summed E-state index contributed by atoms with van der Waals surface area (Å²) in [6.45, 7) is 0. The number of hydrogen-bond donors (Lipinski definition) is 2. The largest absolute Gasteiger partial charge is 0.453 e. The summed E-state index contributed by atoms with van der Waals surface area (Å²) in [5, 5.41) is 8.70. The van der Waals surface area contributed by atoms with E-state index in [0.29, 0.717) is 5.69 Å². The number of fused-ring (bicyclic) bond motifs is 2. The molecular weight excluding hydrogens is 256 g/mol. The predicted octanol–water partition coefficient (Wildman–Crippen LogP) is 1.82. The van der Waals surface area contributed by atoms with Crippen LogP contribution in [0.4, 0.5) is 5.69 Å². The molecule has 0 unspecified atom stereocenters. The molecule has 3 rings (SSSR count). The molecule has 1 aromatic carbocycles. The van der Waals surface area contributed by atoms with E-state index in [0.717, 1.165) is 0 Å². The van der Waals surface area contributed by atoms with Crippen LogP contribution in [0.3, 0.4) is 0 Å². The Bertz CT molecular complexity index is 728. The van der Waals surface area contributed by atoms with Crippen molar-refractivity contribution in [2.75, 3.05) is 5.48 Å². The number of pyridine rings is 1. The van der Waals surface area contributed by atoms with Crippen LogP contribution in [0.15, 0.2) is 46.5 Å². The lowest BCUT2D eigenvalue weighted by molar-refractivity contribution is 0.387. The maximum Gasteiger partial charge on any atom is 0.231 e. The number of nitrogens with zero attached hydrogens (tertiary/aromatic N) is 1. The van der Waals surface area contributed by atoms with Gasteiger partial charge in [0, 0.05) is 12.3 Å². The molecule has 2 aromatic rings. The molecule has 7 heteroatoms. The molecule has 2 N–H and O–H groups in total. The van der Waals surface area contributed by atoms with Crippen molar-refractivity contribution in [3.8, 4) is 11.5 Å². The Morgan fingerprint density at radius 3 is 2.83 bits per heavy atom. The zero-order valence-corrected chi connectivity index (χ0v) is 9.81. The standard InChI is InChI=1S/C11H8N2O4S/c14-13-7-3-4-10-9(6-7)17-8-2-1-5-12-11(8)18(10,15)16/h1-6,13-14H. The minimum absolute atomic E-state index is 0.0349. The molecule has 0 saturated carbocycles. The first-order valence-electron chi connectivity index (χ1n) is 5.05. The number of hydrogen-bond acceptors (Lipinski definition) is 6. The van der Waals surface area contributed by atoms with Crippen molar-refractivity contribution < 1.29 is 18.4 Å². The molecule has 92 valence electrons. The monoisotopic (exact) mass is 264 g/mol. The summed E-state index contributed by atoms with van der Waals surface area (Å²) < 4.78 is 30.0.